The highest BCUT2D eigenvalue weighted by molar-refractivity contribution is 7.89. The van der Waals surface area contributed by atoms with E-state index in [1.807, 2.05) is 0 Å². The largest absolute Gasteiger partial charge is 0.492 e. The van der Waals surface area contributed by atoms with Crippen LogP contribution in [0.5, 0.6) is 5.75 Å². The van der Waals surface area contributed by atoms with E-state index < -0.39 is 15.9 Å². The van der Waals surface area contributed by atoms with Crippen molar-refractivity contribution in [1.82, 2.24) is 9.62 Å². The summed E-state index contributed by atoms with van der Waals surface area (Å²) >= 11 is 17.8. The van der Waals surface area contributed by atoms with Crippen LogP contribution >= 0.6 is 34.8 Å². The fraction of sp³-hybridized carbons (Fsp3) is 0.278. The quantitative estimate of drug-likeness (QED) is 0.640. The van der Waals surface area contributed by atoms with Crippen molar-refractivity contribution in [2.45, 2.75) is 18.4 Å². The Morgan fingerprint density at radius 3 is 2.39 bits per heavy atom. The third-order valence-electron chi connectivity index (χ3n) is 3.75. The van der Waals surface area contributed by atoms with Crippen LogP contribution in [-0.2, 0) is 21.4 Å². The van der Waals surface area contributed by atoms with Gasteiger partial charge in [-0.05, 0) is 42.8 Å². The number of likely N-dealkylation sites (N-methyl/N-ethyl adjacent to an activating group) is 1. The summed E-state index contributed by atoms with van der Waals surface area (Å²) in [5.74, 6) is -0.316. The van der Waals surface area contributed by atoms with E-state index in [2.05, 4.69) is 5.32 Å². The maximum Gasteiger partial charge on any atom is 0.247 e. The van der Waals surface area contributed by atoms with E-state index in [9.17, 15) is 13.2 Å². The number of nitrogens with one attached hydrogen (secondary N) is 1. The third kappa shape index (κ3) is 5.75. The molecule has 0 bridgehead atoms. The van der Waals surface area contributed by atoms with Gasteiger partial charge in [-0.15, -0.1) is 0 Å². The van der Waals surface area contributed by atoms with Gasteiger partial charge in [0.15, 0.2) is 0 Å². The highest BCUT2D eigenvalue weighted by Crippen LogP contribution is 2.29. The fourth-order valence-corrected chi connectivity index (χ4v) is 4.32. The van der Waals surface area contributed by atoms with Crippen molar-refractivity contribution in [2.24, 2.45) is 0 Å². The second kappa shape index (κ2) is 9.80. The molecule has 0 saturated carbocycles. The van der Waals surface area contributed by atoms with E-state index in [0.717, 1.165) is 4.31 Å². The first-order chi connectivity index (χ1) is 13.1. The van der Waals surface area contributed by atoms with Gasteiger partial charge in [0.2, 0.25) is 15.9 Å². The smallest absolute Gasteiger partial charge is 0.247 e. The van der Waals surface area contributed by atoms with Crippen LogP contribution in [0, 0.1) is 0 Å². The Labute approximate surface area is 179 Å². The number of carbonyl (C=O) groups is 1. The Bertz CT molecular complexity index is 967. The number of benzene rings is 2. The molecule has 2 rings (SSSR count). The zero-order valence-electron chi connectivity index (χ0n) is 15.2. The molecule has 0 fully saturated rings. The van der Waals surface area contributed by atoms with Gasteiger partial charge in [-0.25, -0.2) is 8.42 Å². The molecule has 1 N–H and O–H groups in total. The van der Waals surface area contributed by atoms with Crippen molar-refractivity contribution in [2.75, 3.05) is 20.2 Å². The molecule has 2 aromatic rings. The van der Waals surface area contributed by atoms with Crippen molar-refractivity contribution in [3.63, 3.8) is 0 Å². The fourth-order valence-electron chi connectivity index (χ4n) is 2.33. The van der Waals surface area contributed by atoms with Gasteiger partial charge >= 0.3 is 0 Å². The summed E-state index contributed by atoms with van der Waals surface area (Å²) in [7, 11) is -2.68. The molecule has 10 heteroatoms. The van der Waals surface area contributed by atoms with Gasteiger partial charge in [-0.2, -0.15) is 4.31 Å². The van der Waals surface area contributed by atoms with E-state index >= 15 is 0 Å². The topological polar surface area (TPSA) is 75.7 Å². The van der Waals surface area contributed by atoms with Gasteiger partial charge < -0.3 is 10.1 Å². The monoisotopic (exact) mass is 464 g/mol. The minimum atomic E-state index is -3.99. The van der Waals surface area contributed by atoms with E-state index in [1.165, 1.54) is 25.2 Å². The Morgan fingerprint density at radius 2 is 1.75 bits per heavy atom. The number of hydrogen-bond acceptors (Lipinski definition) is 4. The summed E-state index contributed by atoms with van der Waals surface area (Å²) < 4.78 is 32.0. The molecular weight excluding hydrogens is 447 g/mol. The van der Waals surface area contributed by atoms with Crippen LogP contribution in [0.15, 0.2) is 41.3 Å². The zero-order chi connectivity index (χ0) is 20.9. The van der Waals surface area contributed by atoms with Gasteiger partial charge in [0.25, 0.3) is 0 Å². The van der Waals surface area contributed by atoms with Gasteiger partial charge in [0, 0.05) is 28.7 Å². The van der Waals surface area contributed by atoms with Crippen molar-refractivity contribution < 1.29 is 17.9 Å². The predicted octanol–water partition coefficient (Wildman–Crippen LogP) is 3.98. The standard InChI is InChI=1S/C18H19Cl3N2O4S/c1-3-27-16-7-6-14(20)9-17(16)28(25,26)23(2)11-18(24)22-10-12-4-5-13(19)8-15(12)21/h4-9H,3,10-11H2,1-2H3,(H,22,24). The van der Waals surface area contributed by atoms with Crippen LogP contribution < -0.4 is 10.1 Å². The molecule has 2 aromatic carbocycles. The maximum absolute atomic E-state index is 12.9. The highest BCUT2D eigenvalue weighted by Gasteiger charge is 2.27. The molecule has 0 heterocycles. The number of sulfonamides is 1. The first-order valence-corrected chi connectivity index (χ1v) is 10.8. The van der Waals surface area contributed by atoms with E-state index in [-0.39, 0.29) is 35.4 Å². The van der Waals surface area contributed by atoms with Gasteiger partial charge in [0.05, 0.1) is 13.2 Å². The number of ether oxygens (including phenoxy) is 1. The lowest BCUT2D eigenvalue weighted by Gasteiger charge is -2.19. The Balaban J connectivity index is 2.09. The summed E-state index contributed by atoms with van der Waals surface area (Å²) in [6, 6.07) is 9.22. The highest BCUT2D eigenvalue weighted by atomic mass is 35.5. The number of halogens is 3. The first kappa shape index (κ1) is 22.8. The lowest BCUT2D eigenvalue weighted by molar-refractivity contribution is -0.121. The van der Waals surface area contributed by atoms with E-state index in [1.54, 1.807) is 25.1 Å². The van der Waals surface area contributed by atoms with Crippen LogP contribution in [0.3, 0.4) is 0 Å². The van der Waals surface area contributed by atoms with E-state index in [0.29, 0.717) is 15.6 Å². The Morgan fingerprint density at radius 1 is 1.11 bits per heavy atom. The second-order valence-corrected chi connectivity index (χ2v) is 9.09. The first-order valence-electron chi connectivity index (χ1n) is 8.24. The number of carbonyl (C=O) groups excluding carboxylic acids is 1. The molecule has 0 unspecified atom stereocenters. The molecule has 152 valence electrons. The number of hydrogen-bond donors (Lipinski definition) is 1. The molecule has 6 nitrogen and oxygen atoms in total. The minimum Gasteiger partial charge on any atom is -0.492 e. The summed E-state index contributed by atoms with van der Waals surface area (Å²) in [6.07, 6.45) is 0. The molecule has 0 atom stereocenters. The summed E-state index contributed by atoms with van der Waals surface area (Å²) in [6.45, 7) is 1.79. The number of amides is 1. The van der Waals surface area contributed by atoms with Crippen LogP contribution in [0.2, 0.25) is 15.1 Å². The zero-order valence-corrected chi connectivity index (χ0v) is 18.3. The molecule has 0 radical (unpaired) electrons. The summed E-state index contributed by atoms with van der Waals surface area (Å²) in [5, 5.41) is 3.78. The summed E-state index contributed by atoms with van der Waals surface area (Å²) in [5.41, 5.74) is 0.665. The molecule has 28 heavy (non-hydrogen) atoms. The molecule has 0 aliphatic rings. The molecule has 0 spiro atoms. The normalized spacial score (nSPS) is 11.5. The van der Waals surface area contributed by atoms with Crippen molar-refractivity contribution >= 4 is 50.7 Å². The molecule has 0 aromatic heterocycles. The predicted molar refractivity (Wildman–Crippen MR) is 111 cm³/mol. The Kier molecular flexibility index (Phi) is 7.97. The van der Waals surface area contributed by atoms with Crippen LogP contribution in [0.25, 0.3) is 0 Å². The molecule has 0 aliphatic carbocycles. The average molecular weight is 466 g/mol. The molecule has 0 aliphatic heterocycles. The Hall–Kier alpha value is -1.51. The molecule has 0 saturated heterocycles. The average Bonchev–Trinajstić information content (AvgIpc) is 2.62. The second-order valence-electron chi connectivity index (χ2n) is 5.80. The SMILES string of the molecule is CCOc1ccc(Cl)cc1S(=O)(=O)N(C)CC(=O)NCc1ccc(Cl)cc1Cl. The molecular formula is C18H19Cl3N2O4S. The number of nitrogens with zero attached hydrogens (tertiary/aromatic N) is 1. The lowest BCUT2D eigenvalue weighted by atomic mass is 10.2. The molecule has 1 amide bonds. The maximum atomic E-state index is 12.9. The van der Waals surface area contributed by atoms with Crippen LogP contribution in [0.1, 0.15) is 12.5 Å². The van der Waals surface area contributed by atoms with E-state index in [4.69, 9.17) is 39.5 Å². The third-order valence-corrected chi connectivity index (χ3v) is 6.40. The van der Waals surface area contributed by atoms with Crippen LogP contribution in [0.4, 0.5) is 0 Å². The van der Waals surface area contributed by atoms with Gasteiger partial charge in [0.1, 0.15) is 10.6 Å². The van der Waals surface area contributed by atoms with Gasteiger partial charge in [-0.3, -0.25) is 4.79 Å². The van der Waals surface area contributed by atoms with Crippen molar-refractivity contribution in [3.8, 4) is 5.75 Å². The number of rotatable bonds is 8. The lowest BCUT2D eigenvalue weighted by Crippen LogP contribution is -2.38. The minimum absolute atomic E-state index is 0.0992. The summed E-state index contributed by atoms with van der Waals surface area (Å²) in [4.78, 5) is 12.1. The van der Waals surface area contributed by atoms with Crippen LogP contribution in [-0.4, -0.2) is 38.8 Å². The van der Waals surface area contributed by atoms with Gasteiger partial charge in [-0.1, -0.05) is 40.9 Å². The van der Waals surface area contributed by atoms with Crippen molar-refractivity contribution in [3.05, 3.63) is 57.0 Å². The van der Waals surface area contributed by atoms with Crippen molar-refractivity contribution in [1.29, 1.82) is 0 Å².